The van der Waals surface area contributed by atoms with E-state index < -0.39 is 0 Å². The van der Waals surface area contributed by atoms with E-state index in [1.807, 2.05) is 12.1 Å². The molecule has 3 aliphatic heterocycles. The smallest absolute Gasteiger partial charge is 0.223 e. The molecule has 1 aromatic rings. The molecule has 132 valence electrons. The Morgan fingerprint density at radius 3 is 2.71 bits per heavy atom. The van der Waals surface area contributed by atoms with Crippen LogP contribution in [0.25, 0.3) is 0 Å². The molecular weight excluding hydrogens is 320 g/mol. The van der Waals surface area contributed by atoms with Crippen LogP contribution in [0.1, 0.15) is 24.8 Å². The van der Waals surface area contributed by atoms with E-state index in [0.717, 1.165) is 44.1 Å². The predicted molar refractivity (Wildman–Crippen MR) is 99.5 cm³/mol. The lowest BCUT2D eigenvalue weighted by atomic mass is 9.95. The van der Waals surface area contributed by atoms with Gasteiger partial charge in [0, 0.05) is 44.4 Å². The highest BCUT2D eigenvalue weighted by atomic mass is 32.2. The van der Waals surface area contributed by atoms with Crippen molar-refractivity contribution >= 4 is 17.7 Å². The van der Waals surface area contributed by atoms with E-state index in [-0.39, 0.29) is 0 Å². The van der Waals surface area contributed by atoms with Crippen LogP contribution in [0.5, 0.6) is 5.75 Å². The molecule has 3 aliphatic rings. The molecule has 1 aromatic carbocycles. The molecule has 2 bridgehead atoms. The number of amides is 1. The first-order chi connectivity index (χ1) is 11.7. The van der Waals surface area contributed by atoms with E-state index in [9.17, 15) is 4.79 Å². The van der Waals surface area contributed by atoms with Gasteiger partial charge in [-0.2, -0.15) is 11.8 Å². The van der Waals surface area contributed by atoms with Crippen LogP contribution in [0.15, 0.2) is 24.3 Å². The maximum Gasteiger partial charge on any atom is 0.223 e. The third kappa shape index (κ3) is 4.25. The first-order valence-electron chi connectivity index (χ1n) is 8.83. The Morgan fingerprint density at radius 1 is 1.21 bits per heavy atom. The van der Waals surface area contributed by atoms with E-state index in [1.165, 1.54) is 12.0 Å². The van der Waals surface area contributed by atoms with E-state index in [1.54, 1.807) is 18.9 Å². The van der Waals surface area contributed by atoms with Gasteiger partial charge in [-0.3, -0.25) is 9.69 Å². The van der Waals surface area contributed by atoms with Crippen LogP contribution >= 0.6 is 11.8 Å². The van der Waals surface area contributed by atoms with Crippen molar-refractivity contribution in [2.75, 3.05) is 38.8 Å². The highest BCUT2D eigenvalue weighted by Crippen LogP contribution is 2.29. The van der Waals surface area contributed by atoms with Crippen LogP contribution in [-0.2, 0) is 11.3 Å². The third-order valence-corrected chi connectivity index (χ3v) is 5.81. The van der Waals surface area contributed by atoms with Crippen LogP contribution in [0, 0.1) is 5.92 Å². The average molecular weight is 349 g/mol. The zero-order chi connectivity index (χ0) is 16.9. The first kappa shape index (κ1) is 17.6. The van der Waals surface area contributed by atoms with Gasteiger partial charge < -0.3 is 9.64 Å². The first-order valence-corrected chi connectivity index (χ1v) is 10.2. The fourth-order valence-electron chi connectivity index (χ4n) is 3.94. The average Bonchev–Trinajstić information content (AvgIpc) is 2.91. The van der Waals surface area contributed by atoms with Crippen LogP contribution in [-0.4, -0.2) is 60.5 Å². The lowest BCUT2D eigenvalue weighted by Gasteiger charge is -2.36. The van der Waals surface area contributed by atoms with Gasteiger partial charge in [0.25, 0.3) is 0 Å². The van der Waals surface area contributed by atoms with Crippen molar-refractivity contribution in [3.05, 3.63) is 29.8 Å². The molecule has 0 saturated carbocycles. The largest absolute Gasteiger partial charge is 0.497 e. The van der Waals surface area contributed by atoms with Crippen LogP contribution < -0.4 is 4.74 Å². The number of hydrogen-bond acceptors (Lipinski definition) is 4. The van der Waals surface area contributed by atoms with E-state index >= 15 is 0 Å². The van der Waals surface area contributed by atoms with Crippen molar-refractivity contribution in [2.45, 2.75) is 31.8 Å². The Balaban J connectivity index is 1.62. The van der Waals surface area contributed by atoms with Gasteiger partial charge in [0.15, 0.2) is 0 Å². The lowest BCUT2D eigenvalue weighted by Crippen LogP contribution is -2.47. The summed E-state index contributed by atoms with van der Waals surface area (Å²) in [7, 11) is 1.70. The number of nitrogens with zero attached hydrogens (tertiary/aromatic N) is 2. The predicted octanol–water partition coefficient (Wildman–Crippen LogP) is 2.87. The molecule has 5 heteroatoms. The Bertz CT molecular complexity index is 549. The fourth-order valence-corrected chi connectivity index (χ4v) is 4.31. The summed E-state index contributed by atoms with van der Waals surface area (Å²) in [6.45, 7) is 4.03. The Morgan fingerprint density at radius 2 is 2.00 bits per heavy atom. The van der Waals surface area contributed by atoms with Crippen molar-refractivity contribution in [2.24, 2.45) is 5.92 Å². The van der Waals surface area contributed by atoms with Crippen molar-refractivity contribution in [1.82, 2.24) is 9.80 Å². The summed E-state index contributed by atoms with van der Waals surface area (Å²) in [4.78, 5) is 17.2. The molecule has 3 saturated heterocycles. The molecule has 3 fully saturated rings. The van der Waals surface area contributed by atoms with Gasteiger partial charge in [-0.15, -0.1) is 0 Å². The summed E-state index contributed by atoms with van der Waals surface area (Å²) in [6, 6.07) is 8.75. The summed E-state index contributed by atoms with van der Waals surface area (Å²) >= 11 is 1.76. The van der Waals surface area contributed by atoms with E-state index in [4.69, 9.17) is 4.74 Å². The molecule has 0 radical (unpaired) electrons. The molecule has 3 heterocycles. The van der Waals surface area contributed by atoms with Gasteiger partial charge in [-0.25, -0.2) is 0 Å². The molecule has 2 atom stereocenters. The summed E-state index contributed by atoms with van der Waals surface area (Å²) < 4.78 is 5.24. The summed E-state index contributed by atoms with van der Waals surface area (Å²) in [5.41, 5.74) is 1.32. The number of methoxy groups -OCH3 is 1. The van der Waals surface area contributed by atoms with Gasteiger partial charge in [0.05, 0.1) is 7.11 Å². The number of fused-ring (bicyclic) bond motifs is 4. The number of piperidine rings is 1. The minimum Gasteiger partial charge on any atom is -0.497 e. The summed E-state index contributed by atoms with van der Waals surface area (Å²) in [5.74, 6) is 2.81. The number of thioether (sulfide) groups is 1. The van der Waals surface area contributed by atoms with Crippen molar-refractivity contribution in [1.29, 1.82) is 0 Å². The maximum atomic E-state index is 12.5. The molecule has 0 N–H and O–H groups in total. The van der Waals surface area contributed by atoms with Crippen molar-refractivity contribution in [3.8, 4) is 5.75 Å². The molecule has 0 aliphatic carbocycles. The SMILES string of the molecule is COc1ccc(CN2C[C@@H]3CC[C@H](C2)N(C(=O)CCSC)C3)cc1. The van der Waals surface area contributed by atoms with Crippen LogP contribution in [0.2, 0.25) is 0 Å². The number of rotatable bonds is 6. The second-order valence-electron chi connectivity index (χ2n) is 6.93. The van der Waals surface area contributed by atoms with E-state index in [0.29, 0.717) is 24.3 Å². The fraction of sp³-hybridized carbons (Fsp3) is 0.632. The quantitative estimate of drug-likeness (QED) is 0.791. The highest BCUT2D eigenvalue weighted by Gasteiger charge is 2.36. The number of carbonyl (C=O) groups is 1. The standard InChI is InChI=1S/C19H28N2O2S/c1-23-18-7-4-15(5-8-18)11-20-12-16-3-6-17(14-20)21(13-16)19(22)9-10-24-2/h4-5,7-8,16-17H,3,6,9-14H2,1-2H3/t16-,17+/m0/s1. The molecule has 4 nitrogen and oxygen atoms in total. The van der Waals surface area contributed by atoms with Gasteiger partial charge in [-0.1, -0.05) is 12.1 Å². The molecule has 0 aromatic heterocycles. The summed E-state index contributed by atoms with van der Waals surface area (Å²) in [6.07, 6.45) is 5.17. The Labute approximate surface area is 149 Å². The van der Waals surface area contributed by atoms with Gasteiger partial charge in [-0.05, 0) is 42.7 Å². The van der Waals surface area contributed by atoms with E-state index in [2.05, 4.69) is 28.2 Å². The van der Waals surface area contributed by atoms with Gasteiger partial charge >= 0.3 is 0 Å². The van der Waals surface area contributed by atoms with Gasteiger partial charge in [0.2, 0.25) is 5.91 Å². The number of carbonyl (C=O) groups excluding carboxylic acids is 1. The molecular formula is C19H28N2O2S. The third-order valence-electron chi connectivity index (χ3n) is 5.19. The minimum atomic E-state index is 0.352. The molecule has 0 unspecified atom stereocenters. The van der Waals surface area contributed by atoms with Gasteiger partial charge in [0.1, 0.15) is 5.75 Å². The lowest BCUT2D eigenvalue weighted by molar-refractivity contribution is -0.134. The second kappa shape index (κ2) is 8.26. The number of hydrogen-bond donors (Lipinski definition) is 0. The number of benzene rings is 1. The zero-order valence-electron chi connectivity index (χ0n) is 14.7. The Hall–Kier alpha value is -1.20. The normalized spacial score (nSPS) is 24.0. The zero-order valence-corrected chi connectivity index (χ0v) is 15.6. The van der Waals surface area contributed by atoms with Crippen LogP contribution in [0.3, 0.4) is 0 Å². The highest BCUT2D eigenvalue weighted by molar-refractivity contribution is 7.98. The minimum absolute atomic E-state index is 0.352. The second-order valence-corrected chi connectivity index (χ2v) is 7.91. The summed E-state index contributed by atoms with van der Waals surface area (Å²) in [5, 5.41) is 0. The molecule has 24 heavy (non-hydrogen) atoms. The molecule has 4 rings (SSSR count). The maximum absolute atomic E-state index is 12.5. The Kier molecular flexibility index (Phi) is 6.06. The number of ether oxygens (including phenoxy) is 1. The monoisotopic (exact) mass is 348 g/mol. The molecule has 0 spiro atoms. The van der Waals surface area contributed by atoms with Crippen molar-refractivity contribution < 1.29 is 9.53 Å². The van der Waals surface area contributed by atoms with Crippen LogP contribution in [0.4, 0.5) is 0 Å². The molecule has 1 amide bonds. The van der Waals surface area contributed by atoms with Crippen molar-refractivity contribution in [3.63, 3.8) is 0 Å². The topological polar surface area (TPSA) is 32.8 Å².